The molecule has 0 aromatic heterocycles. The van der Waals surface area contributed by atoms with E-state index >= 15 is 0 Å². The van der Waals surface area contributed by atoms with Gasteiger partial charge in [-0.2, -0.15) is 0 Å². The average Bonchev–Trinajstić information content (AvgIpc) is 2.34. The Bertz CT molecular complexity index is 150. The fourth-order valence-electron chi connectivity index (χ4n) is 1.20. The molecule has 0 radical (unpaired) electrons. The lowest BCUT2D eigenvalue weighted by Crippen LogP contribution is -2.40. The summed E-state index contributed by atoms with van der Waals surface area (Å²) in [6, 6.07) is 1.04. The molecule has 6 nitrogen and oxygen atoms in total. The molecule has 3 N–H and O–H groups in total. The molecule has 98 valence electrons. The van der Waals surface area contributed by atoms with Crippen LogP contribution in [0.5, 0.6) is 0 Å². The summed E-state index contributed by atoms with van der Waals surface area (Å²) in [5.41, 5.74) is 5.35. The van der Waals surface area contributed by atoms with Gasteiger partial charge in [0.25, 0.3) is 0 Å². The van der Waals surface area contributed by atoms with Gasteiger partial charge in [0.15, 0.2) is 9.76 Å². The van der Waals surface area contributed by atoms with Crippen molar-refractivity contribution in [1.29, 1.82) is 0 Å². The maximum atomic E-state index is 5.50. The van der Waals surface area contributed by atoms with Gasteiger partial charge in [-0.05, 0) is 19.0 Å². The Morgan fingerprint density at radius 3 is 2.25 bits per heavy atom. The SMILES string of the molecule is COC(OC)(OC)O[SiH2]CCCNCCN. The lowest BCUT2D eigenvalue weighted by molar-refractivity contribution is -0.450. The molecule has 0 saturated heterocycles. The second-order valence-electron chi connectivity index (χ2n) is 3.21. The Hall–Kier alpha value is -0.0231. The molecule has 0 aliphatic carbocycles. The molecule has 0 bridgehead atoms. The van der Waals surface area contributed by atoms with E-state index in [1.807, 2.05) is 0 Å². The Morgan fingerprint density at radius 1 is 1.12 bits per heavy atom. The van der Waals surface area contributed by atoms with Gasteiger partial charge in [0.05, 0.1) is 0 Å². The second kappa shape index (κ2) is 10.2. The van der Waals surface area contributed by atoms with Gasteiger partial charge in [-0.3, -0.25) is 0 Å². The van der Waals surface area contributed by atoms with Crippen LogP contribution in [-0.4, -0.2) is 56.9 Å². The van der Waals surface area contributed by atoms with Gasteiger partial charge >= 0.3 is 6.16 Å². The number of hydrogen-bond acceptors (Lipinski definition) is 6. The highest BCUT2D eigenvalue weighted by atomic mass is 28.2. The molecule has 0 saturated carbocycles. The molecule has 0 aromatic rings. The highest BCUT2D eigenvalue weighted by molar-refractivity contribution is 6.27. The van der Waals surface area contributed by atoms with E-state index in [-0.39, 0.29) is 0 Å². The van der Waals surface area contributed by atoms with Gasteiger partial charge in [-0.15, -0.1) is 0 Å². The van der Waals surface area contributed by atoms with Gasteiger partial charge in [0, 0.05) is 34.4 Å². The standard InChI is InChI=1S/C9H24N2O4Si/c1-12-9(13-2,14-3)15-16-8-4-6-11-7-5-10/h11H,4-8,10,16H2,1-3H3. The second-order valence-corrected chi connectivity index (χ2v) is 4.61. The topological polar surface area (TPSA) is 75.0 Å². The molecule has 0 fully saturated rings. The third-order valence-electron chi connectivity index (χ3n) is 2.10. The van der Waals surface area contributed by atoms with Crippen molar-refractivity contribution in [3.05, 3.63) is 0 Å². The molecule has 0 spiro atoms. The summed E-state index contributed by atoms with van der Waals surface area (Å²) < 4.78 is 20.6. The zero-order chi connectivity index (χ0) is 12.3. The fraction of sp³-hybridized carbons (Fsp3) is 1.00. The normalized spacial score (nSPS) is 12.8. The van der Waals surface area contributed by atoms with Crippen LogP contribution in [0.1, 0.15) is 6.42 Å². The van der Waals surface area contributed by atoms with E-state index in [2.05, 4.69) is 5.32 Å². The summed E-state index contributed by atoms with van der Waals surface area (Å²) in [5, 5.41) is 3.22. The number of hydrogen-bond donors (Lipinski definition) is 2. The first kappa shape index (κ1) is 16.0. The minimum absolute atomic E-state index is 0.675. The quantitative estimate of drug-likeness (QED) is 0.279. The van der Waals surface area contributed by atoms with E-state index in [9.17, 15) is 0 Å². The Kier molecular flexibility index (Phi) is 10.1. The van der Waals surface area contributed by atoms with Crippen molar-refractivity contribution >= 4 is 9.76 Å². The summed E-state index contributed by atoms with van der Waals surface area (Å²) >= 11 is 0. The lowest BCUT2D eigenvalue weighted by atomic mass is 10.5. The van der Waals surface area contributed by atoms with Crippen molar-refractivity contribution in [3.63, 3.8) is 0 Å². The molecule has 0 aliphatic rings. The summed E-state index contributed by atoms with van der Waals surface area (Å²) in [6.07, 6.45) is -0.240. The minimum atomic E-state index is -1.31. The van der Waals surface area contributed by atoms with Gasteiger partial charge < -0.3 is 29.7 Å². The Balaban J connectivity index is 3.48. The zero-order valence-corrected chi connectivity index (χ0v) is 11.9. The molecular formula is C9H24N2O4Si. The van der Waals surface area contributed by atoms with Crippen LogP contribution >= 0.6 is 0 Å². The van der Waals surface area contributed by atoms with E-state index < -0.39 is 15.9 Å². The number of rotatable bonds is 11. The number of methoxy groups -OCH3 is 3. The van der Waals surface area contributed by atoms with Crippen molar-refractivity contribution in [2.45, 2.75) is 18.6 Å². The van der Waals surface area contributed by atoms with Crippen molar-refractivity contribution in [3.8, 4) is 0 Å². The summed E-state index contributed by atoms with van der Waals surface area (Å²) in [6.45, 7) is 2.50. The highest BCUT2D eigenvalue weighted by Crippen LogP contribution is 2.13. The first-order valence-electron chi connectivity index (χ1n) is 5.45. The Morgan fingerprint density at radius 2 is 1.75 bits per heavy atom. The van der Waals surface area contributed by atoms with E-state index in [1.165, 1.54) is 21.3 Å². The van der Waals surface area contributed by atoms with Crippen LogP contribution in [0, 0.1) is 0 Å². The minimum Gasteiger partial charge on any atom is -0.353 e. The van der Waals surface area contributed by atoms with Crippen LogP contribution < -0.4 is 11.1 Å². The van der Waals surface area contributed by atoms with Gasteiger partial charge in [-0.1, -0.05) is 0 Å². The van der Waals surface area contributed by atoms with E-state index in [0.717, 1.165) is 25.6 Å². The van der Waals surface area contributed by atoms with Crippen LogP contribution in [0.15, 0.2) is 0 Å². The maximum absolute atomic E-state index is 5.50. The summed E-state index contributed by atoms with van der Waals surface area (Å²) in [4.78, 5) is 0. The predicted octanol–water partition coefficient (Wildman–Crippen LogP) is -1.01. The first-order valence-corrected chi connectivity index (χ1v) is 7.02. The van der Waals surface area contributed by atoms with Crippen molar-refractivity contribution in [1.82, 2.24) is 5.32 Å². The van der Waals surface area contributed by atoms with Crippen molar-refractivity contribution < 1.29 is 18.6 Å². The average molecular weight is 252 g/mol. The van der Waals surface area contributed by atoms with E-state index in [1.54, 1.807) is 0 Å². The van der Waals surface area contributed by atoms with Crippen LogP contribution in [0.3, 0.4) is 0 Å². The highest BCUT2D eigenvalue weighted by Gasteiger charge is 2.30. The third kappa shape index (κ3) is 6.54. The molecule has 0 rings (SSSR count). The largest absolute Gasteiger partial charge is 0.401 e. The van der Waals surface area contributed by atoms with Crippen molar-refractivity contribution in [2.24, 2.45) is 5.73 Å². The lowest BCUT2D eigenvalue weighted by Gasteiger charge is -2.27. The maximum Gasteiger partial charge on any atom is 0.401 e. The molecule has 0 aromatic carbocycles. The number of nitrogens with one attached hydrogen (secondary N) is 1. The van der Waals surface area contributed by atoms with Crippen LogP contribution in [0.2, 0.25) is 6.04 Å². The zero-order valence-electron chi connectivity index (χ0n) is 10.5. The molecule has 0 unspecified atom stereocenters. The molecule has 0 amide bonds. The third-order valence-corrected chi connectivity index (χ3v) is 3.44. The summed E-state index contributed by atoms with van der Waals surface area (Å²) in [5.74, 6) is 0. The van der Waals surface area contributed by atoms with E-state index in [4.69, 9.17) is 24.4 Å². The molecule has 0 heterocycles. The molecule has 0 aliphatic heterocycles. The molecular weight excluding hydrogens is 228 g/mol. The first-order chi connectivity index (χ1) is 7.74. The molecule has 7 heteroatoms. The van der Waals surface area contributed by atoms with E-state index in [0.29, 0.717) is 6.54 Å². The van der Waals surface area contributed by atoms with Crippen molar-refractivity contribution in [2.75, 3.05) is 41.0 Å². The summed E-state index contributed by atoms with van der Waals surface area (Å²) in [7, 11) is 3.76. The smallest absolute Gasteiger partial charge is 0.353 e. The van der Waals surface area contributed by atoms with Crippen LogP contribution in [0.25, 0.3) is 0 Å². The van der Waals surface area contributed by atoms with Gasteiger partial charge in [0.2, 0.25) is 0 Å². The predicted molar refractivity (Wildman–Crippen MR) is 64.7 cm³/mol. The van der Waals surface area contributed by atoms with Gasteiger partial charge in [-0.25, -0.2) is 0 Å². The van der Waals surface area contributed by atoms with Crippen LogP contribution in [-0.2, 0) is 18.6 Å². The number of ether oxygens (including phenoxy) is 3. The fourth-order valence-corrected chi connectivity index (χ4v) is 2.41. The van der Waals surface area contributed by atoms with Crippen LogP contribution in [0.4, 0.5) is 0 Å². The molecule has 16 heavy (non-hydrogen) atoms. The van der Waals surface area contributed by atoms with Gasteiger partial charge in [0.1, 0.15) is 0 Å². The molecule has 0 atom stereocenters. The Labute approximate surface area is 99.7 Å². The monoisotopic (exact) mass is 252 g/mol. The number of nitrogens with two attached hydrogens (primary N) is 1.